The highest BCUT2D eigenvalue weighted by atomic mass is 32.2. The molecule has 18 heavy (non-hydrogen) atoms. The van der Waals surface area contributed by atoms with Gasteiger partial charge < -0.3 is 4.90 Å². The fraction of sp³-hybridized carbons (Fsp3) is 0.462. The molecule has 0 bridgehead atoms. The molecular weight excluding hydrogens is 250 g/mol. The van der Waals surface area contributed by atoms with E-state index in [0.29, 0.717) is 6.54 Å². The number of nitrogens with zero attached hydrogens (tertiary/aromatic N) is 1. The maximum Gasteiger partial charge on any atom is 0.238 e. The molecule has 0 unspecified atom stereocenters. The zero-order chi connectivity index (χ0) is 13.2. The molecule has 0 aromatic heterocycles. The number of rotatable bonds is 5. The molecule has 2 rings (SSSR count). The van der Waals surface area contributed by atoms with Crippen LogP contribution in [0.15, 0.2) is 30.3 Å². The molecular formula is C13H17NO3S. The van der Waals surface area contributed by atoms with Gasteiger partial charge >= 0.3 is 0 Å². The van der Waals surface area contributed by atoms with Crippen LogP contribution in [0.3, 0.4) is 0 Å². The lowest BCUT2D eigenvalue weighted by Crippen LogP contribution is -2.36. The summed E-state index contributed by atoms with van der Waals surface area (Å²) in [7, 11) is -3.26. The zero-order valence-corrected chi connectivity index (χ0v) is 11.2. The number of amides is 1. The number of hydrogen-bond acceptors (Lipinski definition) is 3. The fourth-order valence-electron chi connectivity index (χ4n) is 1.89. The van der Waals surface area contributed by atoms with Crippen LogP contribution in [0.2, 0.25) is 0 Å². The summed E-state index contributed by atoms with van der Waals surface area (Å²) in [6, 6.07) is 9.87. The summed E-state index contributed by atoms with van der Waals surface area (Å²) in [6.45, 7) is 0.500. The van der Waals surface area contributed by atoms with Crippen LogP contribution in [0.1, 0.15) is 18.4 Å². The SMILES string of the molecule is CS(=O)(=O)CC(=O)N(Cc1ccccc1)C1CC1. The Morgan fingerprint density at radius 2 is 1.89 bits per heavy atom. The van der Waals surface area contributed by atoms with Gasteiger partial charge in [0.2, 0.25) is 5.91 Å². The number of benzene rings is 1. The fourth-order valence-corrected chi connectivity index (χ4v) is 2.51. The molecule has 1 aromatic carbocycles. The highest BCUT2D eigenvalue weighted by Gasteiger charge is 2.33. The number of sulfone groups is 1. The molecule has 1 aliphatic carbocycles. The molecule has 1 saturated carbocycles. The van der Waals surface area contributed by atoms with E-state index in [-0.39, 0.29) is 11.9 Å². The molecule has 98 valence electrons. The smallest absolute Gasteiger partial charge is 0.238 e. The van der Waals surface area contributed by atoms with Crippen LogP contribution in [0.25, 0.3) is 0 Å². The highest BCUT2D eigenvalue weighted by Crippen LogP contribution is 2.28. The maximum absolute atomic E-state index is 12.0. The molecule has 0 saturated heterocycles. The lowest BCUT2D eigenvalue weighted by Gasteiger charge is -2.22. The van der Waals surface area contributed by atoms with Crippen LogP contribution in [-0.4, -0.2) is 37.3 Å². The van der Waals surface area contributed by atoms with Crippen molar-refractivity contribution >= 4 is 15.7 Å². The summed E-state index contributed by atoms with van der Waals surface area (Å²) >= 11 is 0. The van der Waals surface area contributed by atoms with E-state index in [4.69, 9.17) is 0 Å². The second kappa shape index (κ2) is 5.10. The van der Waals surface area contributed by atoms with Crippen molar-refractivity contribution in [2.45, 2.75) is 25.4 Å². The van der Waals surface area contributed by atoms with Gasteiger partial charge in [-0.25, -0.2) is 8.42 Å². The number of hydrogen-bond donors (Lipinski definition) is 0. The van der Waals surface area contributed by atoms with Crippen LogP contribution in [0, 0.1) is 0 Å². The van der Waals surface area contributed by atoms with E-state index >= 15 is 0 Å². The van der Waals surface area contributed by atoms with Gasteiger partial charge in [0.05, 0.1) is 0 Å². The first kappa shape index (κ1) is 13.1. The van der Waals surface area contributed by atoms with Gasteiger partial charge in [-0.15, -0.1) is 0 Å². The van der Waals surface area contributed by atoms with Gasteiger partial charge in [0.15, 0.2) is 9.84 Å². The minimum absolute atomic E-state index is 0.222. The van der Waals surface area contributed by atoms with Crippen LogP contribution in [-0.2, 0) is 21.2 Å². The Morgan fingerprint density at radius 1 is 1.28 bits per heavy atom. The third-order valence-electron chi connectivity index (χ3n) is 2.89. The second-order valence-corrected chi connectivity index (χ2v) is 6.95. The average Bonchev–Trinajstić information content (AvgIpc) is 3.08. The highest BCUT2D eigenvalue weighted by molar-refractivity contribution is 7.91. The molecule has 0 aliphatic heterocycles. The second-order valence-electron chi connectivity index (χ2n) is 4.81. The Morgan fingerprint density at radius 3 is 2.39 bits per heavy atom. The van der Waals surface area contributed by atoms with Gasteiger partial charge in [0.25, 0.3) is 0 Å². The maximum atomic E-state index is 12.0. The van der Waals surface area contributed by atoms with E-state index in [1.807, 2.05) is 30.3 Å². The first-order chi connectivity index (χ1) is 8.46. The summed E-state index contributed by atoms with van der Waals surface area (Å²) in [6.07, 6.45) is 3.04. The average molecular weight is 267 g/mol. The summed E-state index contributed by atoms with van der Waals surface area (Å²) in [4.78, 5) is 13.7. The summed E-state index contributed by atoms with van der Waals surface area (Å²) in [5.41, 5.74) is 1.03. The Kier molecular flexibility index (Phi) is 3.71. The first-order valence-electron chi connectivity index (χ1n) is 5.97. The van der Waals surface area contributed by atoms with Gasteiger partial charge in [0.1, 0.15) is 5.75 Å². The molecule has 0 spiro atoms. The van der Waals surface area contributed by atoms with E-state index in [2.05, 4.69) is 0 Å². The van der Waals surface area contributed by atoms with Crippen molar-refractivity contribution in [3.05, 3.63) is 35.9 Å². The Balaban J connectivity index is 2.07. The third-order valence-corrected chi connectivity index (χ3v) is 3.66. The molecule has 1 aromatic rings. The van der Waals surface area contributed by atoms with Crippen LogP contribution < -0.4 is 0 Å². The topological polar surface area (TPSA) is 54.5 Å². The van der Waals surface area contributed by atoms with E-state index in [9.17, 15) is 13.2 Å². The van der Waals surface area contributed by atoms with E-state index in [0.717, 1.165) is 24.7 Å². The molecule has 0 N–H and O–H groups in total. The van der Waals surface area contributed by atoms with Crippen molar-refractivity contribution in [2.24, 2.45) is 0 Å². The summed E-state index contributed by atoms with van der Waals surface area (Å²) in [5.74, 6) is -0.681. The van der Waals surface area contributed by atoms with Crippen LogP contribution >= 0.6 is 0 Å². The molecule has 0 radical (unpaired) electrons. The van der Waals surface area contributed by atoms with E-state index in [1.54, 1.807) is 4.90 Å². The zero-order valence-electron chi connectivity index (χ0n) is 10.4. The van der Waals surface area contributed by atoms with Gasteiger partial charge in [-0.3, -0.25) is 4.79 Å². The predicted molar refractivity (Wildman–Crippen MR) is 69.7 cm³/mol. The van der Waals surface area contributed by atoms with Crippen molar-refractivity contribution in [2.75, 3.05) is 12.0 Å². The van der Waals surface area contributed by atoms with Crippen molar-refractivity contribution in [1.29, 1.82) is 0 Å². The Hall–Kier alpha value is -1.36. The third kappa shape index (κ3) is 3.84. The van der Waals surface area contributed by atoms with Crippen molar-refractivity contribution in [3.63, 3.8) is 0 Å². The largest absolute Gasteiger partial charge is 0.335 e. The molecule has 1 fully saturated rings. The number of carbonyl (C=O) groups excluding carboxylic acids is 1. The van der Waals surface area contributed by atoms with Crippen LogP contribution in [0.4, 0.5) is 0 Å². The molecule has 0 heterocycles. The molecule has 0 atom stereocenters. The van der Waals surface area contributed by atoms with Gasteiger partial charge in [0, 0.05) is 18.8 Å². The monoisotopic (exact) mass is 267 g/mol. The van der Waals surface area contributed by atoms with Crippen molar-refractivity contribution < 1.29 is 13.2 Å². The molecule has 5 heteroatoms. The first-order valence-corrected chi connectivity index (χ1v) is 8.03. The summed E-state index contributed by atoms with van der Waals surface area (Å²) in [5, 5.41) is 0. The normalized spacial score (nSPS) is 15.4. The summed E-state index contributed by atoms with van der Waals surface area (Å²) < 4.78 is 22.4. The lowest BCUT2D eigenvalue weighted by atomic mass is 10.2. The molecule has 1 aliphatic rings. The standard InChI is InChI=1S/C13H17NO3S/c1-18(16,17)10-13(15)14(12-7-8-12)9-11-5-3-2-4-6-11/h2-6,12H,7-10H2,1H3. The Bertz CT molecular complexity index is 520. The molecule has 1 amide bonds. The van der Waals surface area contributed by atoms with E-state index in [1.165, 1.54) is 0 Å². The van der Waals surface area contributed by atoms with Crippen LogP contribution in [0.5, 0.6) is 0 Å². The van der Waals surface area contributed by atoms with Crippen molar-refractivity contribution in [1.82, 2.24) is 4.90 Å². The minimum Gasteiger partial charge on any atom is -0.335 e. The van der Waals surface area contributed by atoms with Gasteiger partial charge in [-0.2, -0.15) is 0 Å². The predicted octanol–water partition coefficient (Wildman–Crippen LogP) is 1.22. The van der Waals surface area contributed by atoms with E-state index < -0.39 is 15.6 Å². The van der Waals surface area contributed by atoms with Gasteiger partial charge in [-0.1, -0.05) is 30.3 Å². The Labute approximate surface area is 108 Å². The minimum atomic E-state index is -3.26. The van der Waals surface area contributed by atoms with Gasteiger partial charge in [-0.05, 0) is 18.4 Å². The lowest BCUT2D eigenvalue weighted by molar-refractivity contribution is -0.129. The molecule has 4 nitrogen and oxygen atoms in total. The number of carbonyl (C=O) groups is 1. The quantitative estimate of drug-likeness (QED) is 0.806. The van der Waals surface area contributed by atoms with Crippen molar-refractivity contribution in [3.8, 4) is 0 Å².